The monoisotopic (exact) mass is 562 g/mol. The van der Waals surface area contributed by atoms with Crippen LogP contribution in [0, 0.1) is 0 Å². The Kier molecular flexibility index (Phi) is 5.57. The summed E-state index contributed by atoms with van der Waals surface area (Å²) in [6.45, 7) is 0. The van der Waals surface area contributed by atoms with Crippen LogP contribution in [0.3, 0.4) is 0 Å². The summed E-state index contributed by atoms with van der Waals surface area (Å²) >= 11 is 0. The van der Waals surface area contributed by atoms with Crippen molar-refractivity contribution in [1.29, 1.82) is 0 Å². The average molecular weight is 563 g/mol. The van der Waals surface area contributed by atoms with Crippen molar-refractivity contribution in [2.45, 2.75) is 5.92 Å². The number of aromatic nitrogens is 2. The van der Waals surface area contributed by atoms with E-state index in [9.17, 15) is 0 Å². The van der Waals surface area contributed by atoms with Crippen molar-refractivity contribution >= 4 is 21.9 Å². The lowest BCUT2D eigenvalue weighted by Gasteiger charge is -2.15. The molecule has 0 amide bonds. The number of hydrogen-bond donors (Lipinski definition) is 0. The second kappa shape index (κ2) is 9.89. The Morgan fingerprint density at radius 2 is 1.11 bits per heavy atom. The van der Waals surface area contributed by atoms with Gasteiger partial charge in [0, 0.05) is 38.9 Å². The van der Waals surface area contributed by atoms with Gasteiger partial charge < -0.3 is 4.42 Å². The van der Waals surface area contributed by atoms with Crippen LogP contribution >= 0.6 is 0 Å². The maximum atomic E-state index is 6.56. The minimum atomic E-state index is 0.0657. The first-order valence-electron chi connectivity index (χ1n) is 15.0. The summed E-state index contributed by atoms with van der Waals surface area (Å²) in [6, 6.07) is 53.0. The molecule has 0 N–H and O–H groups in total. The molecule has 44 heavy (non-hydrogen) atoms. The van der Waals surface area contributed by atoms with Crippen LogP contribution in [0.25, 0.3) is 67.0 Å². The molecule has 6 aromatic carbocycles. The van der Waals surface area contributed by atoms with Crippen LogP contribution in [0.1, 0.15) is 22.6 Å². The number of rotatable bonds is 4. The fraction of sp³-hybridized carbons (Fsp3) is 0.0244. The second-order valence-corrected chi connectivity index (χ2v) is 11.3. The van der Waals surface area contributed by atoms with Gasteiger partial charge in [-0.05, 0) is 40.5 Å². The van der Waals surface area contributed by atoms with Crippen molar-refractivity contribution in [2.24, 2.45) is 0 Å². The molecule has 206 valence electrons. The lowest BCUT2D eigenvalue weighted by atomic mass is 9.88. The van der Waals surface area contributed by atoms with Gasteiger partial charge in [-0.1, -0.05) is 133 Å². The third-order valence-electron chi connectivity index (χ3n) is 8.80. The smallest absolute Gasteiger partial charge is 0.160 e. The minimum absolute atomic E-state index is 0.0657. The van der Waals surface area contributed by atoms with Crippen molar-refractivity contribution in [3.05, 3.63) is 168 Å². The molecule has 0 fully saturated rings. The predicted molar refractivity (Wildman–Crippen MR) is 178 cm³/mol. The van der Waals surface area contributed by atoms with E-state index in [1.807, 2.05) is 42.5 Å². The highest BCUT2D eigenvalue weighted by atomic mass is 16.3. The molecule has 0 aliphatic heterocycles. The number of nitrogens with zero attached hydrogens (tertiary/aromatic N) is 2. The summed E-state index contributed by atoms with van der Waals surface area (Å²) in [5.74, 6) is 0.777. The van der Waals surface area contributed by atoms with Gasteiger partial charge in [-0.3, -0.25) is 0 Å². The maximum absolute atomic E-state index is 6.56. The molecule has 0 saturated heterocycles. The van der Waals surface area contributed by atoms with Crippen LogP contribution in [-0.2, 0) is 0 Å². The quantitative estimate of drug-likeness (QED) is 0.214. The molecule has 1 aliphatic rings. The first kappa shape index (κ1) is 24.8. The number of hydrogen-bond acceptors (Lipinski definition) is 3. The molecule has 8 aromatic rings. The number of furan rings is 1. The van der Waals surface area contributed by atoms with Crippen molar-refractivity contribution in [2.75, 3.05) is 0 Å². The highest BCUT2D eigenvalue weighted by molar-refractivity contribution is 6.09. The third-order valence-corrected chi connectivity index (χ3v) is 8.80. The zero-order chi connectivity index (χ0) is 29.0. The Morgan fingerprint density at radius 3 is 1.84 bits per heavy atom. The molecule has 2 heterocycles. The van der Waals surface area contributed by atoms with Gasteiger partial charge in [-0.15, -0.1) is 0 Å². The fourth-order valence-electron chi connectivity index (χ4n) is 6.74. The van der Waals surface area contributed by atoms with Gasteiger partial charge in [0.2, 0.25) is 0 Å². The minimum Gasteiger partial charge on any atom is -0.456 e. The molecular formula is C41H26N2O. The third kappa shape index (κ3) is 3.90. The van der Waals surface area contributed by atoms with Crippen LogP contribution < -0.4 is 0 Å². The van der Waals surface area contributed by atoms with Crippen molar-refractivity contribution in [3.8, 4) is 45.0 Å². The van der Waals surface area contributed by atoms with E-state index in [1.165, 1.54) is 27.8 Å². The standard InChI is InChI=1S/C41H26N2O/c1-3-11-26(12-4-1)35-25-36(27-13-5-2-6-14-27)43-41(42-35)29-21-19-28(20-22-29)38-32-17-8-7-15-30(32)33-23-24-34-31-16-9-10-18-37(31)44-40(34)39(33)38/h1-25,38H. The summed E-state index contributed by atoms with van der Waals surface area (Å²) in [5, 5.41) is 2.31. The van der Waals surface area contributed by atoms with Crippen molar-refractivity contribution < 1.29 is 4.42 Å². The lowest BCUT2D eigenvalue weighted by Crippen LogP contribution is -2.00. The molecule has 0 bridgehead atoms. The maximum Gasteiger partial charge on any atom is 0.160 e. The van der Waals surface area contributed by atoms with Crippen LogP contribution in [0.4, 0.5) is 0 Å². The van der Waals surface area contributed by atoms with Gasteiger partial charge >= 0.3 is 0 Å². The topological polar surface area (TPSA) is 38.9 Å². The van der Waals surface area contributed by atoms with Gasteiger partial charge in [0.1, 0.15) is 11.2 Å². The summed E-state index contributed by atoms with van der Waals surface area (Å²) in [6.07, 6.45) is 0. The van der Waals surface area contributed by atoms with E-state index >= 15 is 0 Å². The van der Waals surface area contributed by atoms with Crippen LogP contribution in [0.5, 0.6) is 0 Å². The molecule has 1 aliphatic carbocycles. The van der Waals surface area contributed by atoms with E-state index in [0.717, 1.165) is 50.0 Å². The van der Waals surface area contributed by atoms with Gasteiger partial charge in [0.05, 0.1) is 11.4 Å². The molecule has 2 aromatic heterocycles. The Hall–Kier alpha value is -5.80. The van der Waals surface area contributed by atoms with E-state index in [4.69, 9.17) is 14.4 Å². The van der Waals surface area contributed by atoms with Gasteiger partial charge in [0.25, 0.3) is 0 Å². The highest BCUT2D eigenvalue weighted by Gasteiger charge is 2.33. The average Bonchev–Trinajstić information content (AvgIpc) is 3.65. The molecular weight excluding hydrogens is 536 g/mol. The molecule has 1 unspecified atom stereocenters. The first-order valence-corrected chi connectivity index (χ1v) is 15.0. The highest BCUT2D eigenvalue weighted by Crippen LogP contribution is 2.52. The molecule has 3 heteroatoms. The van der Waals surface area contributed by atoms with Gasteiger partial charge in [-0.25, -0.2) is 9.97 Å². The normalized spacial score (nSPS) is 13.7. The number of para-hydroxylation sites is 1. The van der Waals surface area contributed by atoms with Crippen molar-refractivity contribution in [1.82, 2.24) is 9.97 Å². The van der Waals surface area contributed by atoms with E-state index in [1.54, 1.807) is 0 Å². The van der Waals surface area contributed by atoms with Crippen LogP contribution in [0.2, 0.25) is 0 Å². The predicted octanol–water partition coefficient (Wildman–Crippen LogP) is 10.5. The molecule has 3 nitrogen and oxygen atoms in total. The lowest BCUT2D eigenvalue weighted by molar-refractivity contribution is 0.662. The molecule has 9 rings (SSSR count). The van der Waals surface area contributed by atoms with E-state index in [-0.39, 0.29) is 5.92 Å². The van der Waals surface area contributed by atoms with Crippen LogP contribution in [0.15, 0.2) is 156 Å². The number of fused-ring (bicyclic) bond motifs is 7. The zero-order valence-electron chi connectivity index (χ0n) is 23.8. The van der Waals surface area contributed by atoms with Crippen molar-refractivity contribution in [3.63, 3.8) is 0 Å². The van der Waals surface area contributed by atoms with Gasteiger partial charge in [-0.2, -0.15) is 0 Å². The molecule has 0 radical (unpaired) electrons. The summed E-state index contributed by atoms with van der Waals surface area (Å²) in [5.41, 5.74) is 13.1. The Bertz CT molecular complexity index is 2260. The Morgan fingerprint density at radius 1 is 0.477 bits per heavy atom. The summed E-state index contributed by atoms with van der Waals surface area (Å²) in [7, 11) is 0. The largest absolute Gasteiger partial charge is 0.456 e. The molecule has 1 atom stereocenters. The SMILES string of the molecule is c1ccc(-c2cc(-c3ccccc3)nc(-c3ccc(C4c5ccccc5-c5ccc6c(oc7ccccc76)c54)cc3)n2)cc1. The van der Waals surface area contributed by atoms with Crippen LogP contribution in [-0.4, -0.2) is 9.97 Å². The van der Waals surface area contributed by atoms with E-state index in [0.29, 0.717) is 5.82 Å². The second-order valence-electron chi connectivity index (χ2n) is 11.3. The Balaban J connectivity index is 1.19. The molecule has 0 spiro atoms. The van der Waals surface area contributed by atoms with E-state index in [2.05, 4.69) is 109 Å². The summed E-state index contributed by atoms with van der Waals surface area (Å²) < 4.78 is 6.56. The van der Waals surface area contributed by atoms with Gasteiger partial charge in [0.15, 0.2) is 5.82 Å². The molecule has 0 saturated carbocycles. The summed E-state index contributed by atoms with van der Waals surface area (Å²) in [4.78, 5) is 10.1. The number of benzene rings is 6. The van der Waals surface area contributed by atoms with E-state index < -0.39 is 0 Å². The Labute approximate surface area is 255 Å². The first-order chi connectivity index (χ1) is 21.8. The zero-order valence-corrected chi connectivity index (χ0v) is 23.8. The fourth-order valence-corrected chi connectivity index (χ4v) is 6.74.